The van der Waals surface area contributed by atoms with Crippen LogP contribution in [0.3, 0.4) is 0 Å². The number of nitrogens with one attached hydrogen (secondary N) is 1. The molecular formula is C13H18N2O. The molecule has 1 aromatic carbocycles. The lowest BCUT2D eigenvalue weighted by atomic mass is 10.0. The average Bonchev–Trinajstić information content (AvgIpc) is 2.89. The molecule has 2 aliphatic rings. The molecule has 0 bridgehead atoms. The Bertz CT molecular complexity index is 368. The standard InChI is InChI=1S/C13H18N2O/c1-16-13-4-2-3-12(5-13)15-8-10-6-14-7-11(10)9-15/h2-5,10-11,14H,6-9H2,1H3/t10-,11+. The molecule has 0 saturated carbocycles. The van der Waals surface area contributed by atoms with Crippen LogP contribution in [0.1, 0.15) is 0 Å². The fourth-order valence-corrected chi connectivity index (χ4v) is 2.87. The van der Waals surface area contributed by atoms with Crippen LogP contribution in [0.2, 0.25) is 0 Å². The number of methoxy groups -OCH3 is 1. The summed E-state index contributed by atoms with van der Waals surface area (Å²) in [5.41, 5.74) is 1.30. The minimum atomic E-state index is 0.839. The SMILES string of the molecule is COc1cccc(N2C[C@H]3CNC[C@H]3C2)c1. The summed E-state index contributed by atoms with van der Waals surface area (Å²) in [4.78, 5) is 2.48. The monoisotopic (exact) mass is 218 g/mol. The summed E-state index contributed by atoms with van der Waals surface area (Å²) < 4.78 is 5.27. The number of fused-ring (bicyclic) bond motifs is 1. The molecule has 3 heteroatoms. The van der Waals surface area contributed by atoms with Crippen molar-refractivity contribution in [2.45, 2.75) is 0 Å². The van der Waals surface area contributed by atoms with Gasteiger partial charge in [-0.05, 0) is 24.0 Å². The van der Waals surface area contributed by atoms with E-state index in [1.165, 1.54) is 31.9 Å². The van der Waals surface area contributed by atoms with Gasteiger partial charge in [-0.15, -0.1) is 0 Å². The largest absolute Gasteiger partial charge is 0.497 e. The van der Waals surface area contributed by atoms with E-state index in [9.17, 15) is 0 Å². The first-order chi connectivity index (χ1) is 7.86. The zero-order valence-corrected chi connectivity index (χ0v) is 9.65. The van der Waals surface area contributed by atoms with Crippen molar-refractivity contribution in [3.05, 3.63) is 24.3 Å². The fourth-order valence-electron chi connectivity index (χ4n) is 2.87. The Labute approximate surface area is 96.4 Å². The molecule has 2 saturated heterocycles. The summed E-state index contributed by atoms with van der Waals surface area (Å²) >= 11 is 0. The van der Waals surface area contributed by atoms with Crippen LogP contribution in [-0.4, -0.2) is 33.3 Å². The normalized spacial score (nSPS) is 28.2. The van der Waals surface area contributed by atoms with Crippen LogP contribution in [0, 0.1) is 11.8 Å². The second-order valence-electron chi connectivity index (χ2n) is 4.78. The van der Waals surface area contributed by atoms with Gasteiger partial charge in [0.05, 0.1) is 7.11 Å². The molecule has 86 valence electrons. The molecule has 0 spiro atoms. The third-order valence-electron chi connectivity index (χ3n) is 3.81. The van der Waals surface area contributed by atoms with Crippen molar-refractivity contribution in [1.82, 2.24) is 5.32 Å². The maximum atomic E-state index is 5.27. The molecule has 0 aliphatic carbocycles. The van der Waals surface area contributed by atoms with Gasteiger partial charge in [-0.25, -0.2) is 0 Å². The molecule has 2 aliphatic heterocycles. The van der Waals surface area contributed by atoms with Gasteiger partial charge in [-0.1, -0.05) is 6.07 Å². The van der Waals surface area contributed by atoms with Crippen molar-refractivity contribution < 1.29 is 4.74 Å². The molecule has 0 amide bonds. The average molecular weight is 218 g/mol. The molecule has 0 unspecified atom stereocenters. The van der Waals surface area contributed by atoms with Crippen LogP contribution in [0.5, 0.6) is 5.75 Å². The first-order valence-electron chi connectivity index (χ1n) is 5.96. The second kappa shape index (κ2) is 3.98. The Morgan fingerprint density at radius 3 is 2.69 bits per heavy atom. The molecule has 2 heterocycles. The Balaban J connectivity index is 1.78. The van der Waals surface area contributed by atoms with Gasteiger partial charge in [0, 0.05) is 37.9 Å². The Kier molecular flexibility index (Phi) is 2.48. The van der Waals surface area contributed by atoms with Crippen molar-refractivity contribution in [3.8, 4) is 5.75 Å². The van der Waals surface area contributed by atoms with Gasteiger partial charge < -0.3 is 15.0 Å². The van der Waals surface area contributed by atoms with E-state index in [-0.39, 0.29) is 0 Å². The Morgan fingerprint density at radius 2 is 2.00 bits per heavy atom. The van der Waals surface area contributed by atoms with Crippen molar-refractivity contribution in [2.24, 2.45) is 11.8 Å². The molecule has 0 radical (unpaired) electrons. The second-order valence-corrected chi connectivity index (χ2v) is 4.78. The molecule has 3 rings (SSSR count). The predicted molar refractivity (Wildman–Crippen MR) is 65.1 cm³/mol. The van der Waals surface area contributed by atoms with E-state index >= 15 is 0 Å². The lowest BCUT2D eigenvalue weighted by molar-refractivity contribution is 0.415. The summed E-state index contributed by atoms with van der Waals surface area (Å²) in [5, 5.41) is 3.47. The Morgan fingerprint density at radius 1 is 1.25 bits per heavy atom. The summed E-state index contributed by atoms with van der Waals surface area (Å²) in [5.74, 6) is 2.63. The van der Waals surface area contributed by atoms with Gasteiger partial charge >= 0.3 is 0 Å². The van der Waals surface area contributed by atoms with Crippen molar-refractivity contribution >= 4 is 5.69 Å². The Hall–Kier alpha value is -1.22. The maximum Gasteiger partial charge on any atom is 0.120 e. The van der Waals surface area contributed by atoms with Crippen LogP contribution in [0.25, 0.3) is 0 Å². The zero-order chi connectivity index (χ0) is 11.0. The summed E-state index contributed by atoms with van der Waals surface area (Å²) in [7, 11) is 1.72. The van der Waals surface area contributed by atoms with Crippen molar-refractivity contribution in [1.29, 1.82) is 0 Å². The van der Waals surface area contributed by atoms with Crippen molar-refractivity contribution in [2.75, 3.05) is 38.2 Å². The zero-order valence-electron chi connectivity index (χ0n) is 9.65. The van der Waals surface area contributed by atoms with Gasteiger partial charge in [0.1, 0.15) is 5.75 Å². The number of anilines is 1. The van der Waals surface area contributed by atoms with E-state index < -0.39 is 0 Å². The van der Waals surface area contributed by atoms with Crippen LogP contribution < -0.4 is 15.0 Å². The number of ether oxygens (including phenoxy) is 1. The van der Waals surface area contributed by atoms with Crippen molar-refractivity contribution in [3.63, 3.8) is 0 Å². The van der Waals surface area contributed by atoms with Crippen LogP contribution in [-0.2, 0) is 0 Å². The summed E-state index contributed by atoms with van der Waals surface area (Å²) in [6, 6.07) is 8.38. The number of hydrogen-bond acceptors (Lipinski definition) is 3. The smallest absolute Gasteiger partial charge is 0.120 e. The minimum absolute atomic E-state index is 0.839. The van der Waals surface area contributed by atoms with Gasteiger partial charge in [-0.3, -0.25) is 0 Å². The van der Waals surface area contributed by atoms with Gasteiger partial charge in [0.2, 0.25) is 0 Å². The van der Waals surface area contributed by atoms with Crippen LogP contribution >= 0.6 is 0 Å². The molecule has 2 fully saturated rings. The van der Waals surface area contributed by atoms with E-state index in [2.05, 4.69) is 28.4 Å². The lowest BCUT2D eigenvalue weighted by Gasteiger charge is -2.20. The van der Waals surface area contributed by atoms with E-state index in [1.54, 1.807) is 7.11 Å². The van der Waals surface area contributed by atoms with Crippen LogP contribution in [0.15, 0.2) is 24.3 Å². The molecule has 16 heavy (non-hydrogen) atoms. The number of nitrogens with zero attached hydrogens (tertiary/aromatic N) is 1. The molecule has 3 nitrogen and oxygen atoms in total. The topological polar surface area (TPSA) is 24.5 Å². The molecule has 1 N–H and O–H groups in total. The molecule has 0 aromatic heterocycles. The number of hydrogen-bond donors (Lipinski definition) is 1. The van der Waals surface area contributed by atoms with E-state index in [4.69, 9.17) is 4.74 Å². The van der Waals surface area contributed by atoms with Gasteiger partial charge in [-0.2, -0.15) is 0 Å². The maximum absolute atomic E-state index is 5.27. The first kappa shape index (κ1) is 9.97. The third kappa shape index (κ3) is 1.65. The fraction of sp³-hybridized carbons (Fsp3) is 0.538. The predicted octanol–water partition coefficient (Wildman–Crippen LogP) is 1.35. The molecule has 2 atom stereocenters. The lowest BCUT2D eigenvalue weighted by Crippen LogP contribution is -2.25. The highest BCUT2D eigenvalue weighted by Crippen LogP contribution is 2.31. The molecule has 1 aromatic rings. The summed E-state index contributed by atoms with van der Waals surface area (Å²) in [6.07, 6.45) is 0. The number of benzene rings is 1. The number of rotatable bonds is 2. The van der Waals surface area contributed by atoms with E-state index in [0.717, 1.165) is 17.6 Å². The van der Waals surface area contributed by atoms with E-state index in [0.29, 0.717) is 0 Å². The highest BCUT2D eigenvalue weighted by molar-refractivity contribution is 5.51. The first-order valence-corrected chi connectivity index (χ1v) is 5.96. The van der Waals surface area contributed by atoms with E-state index in [1.807, 2.05) is 6.07 Å². The third-order valence-corrected chi connectivity index (χ3v) is 3.81. The minimum Gasteiger partial charge on any atom is -0.497 e. The highest BCUT2D eigenvalue weighted by atomic mass is 16.5. The summed E-state index contributed by atoms with van der Waals surface area (Å²) in [6.45, 7) is 4.74. The van der Waals surface area contributed by atoms with Gasteiger partial charge in [0.15, 0.2) is 0 Å². The highest BCUT2D eigenvalue weighted by Gasteiger charge is 2.36. The quantitative estimate of drug-likeness (QED) is 0.811. The van der Waals surface area contributed by atoms with Gasteiger partial charge in [0.25, 0.3) is 0 Å². The molecular weight excluding hydrogens is 200 g/mol. The van der Waals surface area contributed by atoms with Crippen LogP contribution in [0.4, 0.5) is 5.69 Å².